The van der Waals surface area contributed by atoms with Crippen LogP contribution in [0.3, 0.4) is 0 Å². The summed E-state index contributed by atoms with van der Waals surface area (Å²) >= 11 is 5.00. The summed E-state index contributed by atoms with van der Waals surface area (Å²) in [5.41, 5.74) is 1.32. The summed E-state index contributed by atoms with van der Waals surface area (Å²) < 4.78 is 8.09. The van der Waals surface area contributed by atoms with Gasteiger partial charge in [0.1, 0.15) is 5.60 Å². The lowest BCUT2D eigenvalue weighted by atomic mass is 10.2. The van der Waals surface area contributed by atoms with E-state index in [1.54, 1.807) is 16.7 Å². The van der Waals surface area contributed by atoms with Crippen molar-refractivity contribution in [3.8, 4) is 16.6 Å². The first-order valence-corrected chi connectivity index (χ1v) is 8.94. The Morgan fingerprint density at radius 3 is 2.58 bits per heavy atom. The number of carbonyl (C=O) groups excluding carboxylic acids is 1. The van der Waals surface area contributed by atoms with Crippen molar-refractivity contribution in [3.05, 3.63) is 45.7 Å². The van der Waals surface area contributed by atoms with Crippen LogP contribution in [-0.2, 0) is 4.74 Å². The lowest BCUT2D eigenvalue weighted by molar-refractivity contribution is 0.0547. The van der Waals surface area contributed by atoms with Crippen molar-refractivity contribution in [2.45, 2.75) is 26.4 Å². The highest BCUT2D eigenvalue weighted by molar-refractivity contribution is 9.11. The van der Waals surface area contributed by atoms with Gasteiger partial charge < -0.3 is 4.74 Å². The third-order valence-corrected chi connectivity index (χ3v) is 4.98. The van der Waals surface area contributed by atoms with E-state index in [1.165, 1.54) is 11.3 Å². The zero-order valence-corrected chi connectivity index (χ0v) is 15.9. The molecule has 0 N–H and O–H groups in total. The van der Waals surface area contributed by atoms with Crippen LogP contribution in [0.2, 0.25) is 0 Å². The molecule has 4 nitrogen and oxygen atoms in total. The first kappa shape index (κ1) is 16.7. The van der Waals surface area contributed by atoms with Crippen molar-refractivity contribution in [1.29, 1.82) is 5.26 Å². The number of halogens is 1. The minimum Gasteiger partial charge on any atom is -0.443 e. The van der Waals surface area contributed by atoms with Crippen molar-refractivity contribution >= 4 is 44.3 Å². The Kier molecular flexibility index (Phi) is 4.24. The molecule has 0 unspecified atom stereocenters. The molecule has 0 radical (unpaired) electrons. The average Bonchev–Trinajstić information content (AvgIpc) is 3.07. The molecule has 0 saturated carbocycles. The molecule has 3 rings (SSSR count). The van der Waals surface area contributed by atoms with Crippen LogP contribution in [0, 0.1) is 11.3 Å². The summed E-state index contributed by atoms with van der Waals surface area (Å²) in [5.74, 6) is 0. The summed E-state index contributed by atoms with van der Waals surface area (Å²) in [7, 11) is 0. The van der Waals surface area contributed by atoms with Crippen molar-refractivity contribution < 1.29 is 9.53 Å². The molecule has 1 aromatic carbocycles. The van der Waals surface area contributed by atoms with Crippen LogP contribution < -0.4 is 0 Å². The minimum absolute atomic E-state index is 0.452. The quantitative estimate of drug-likeness (QED) is 0.517. The molecular weight excluding hydrogens is 388 g/mol. The largest absolute Gasteiger partial charge is 0.443 e. The van der Waals surface area contributed by atoms with Gasteiger partial charge in [-0.3, -0.25) is 0 Å². The Hall–Kier alpha value is -2.10. The molecule has 2 heterocycles. The molecule has 3 aromatic rings. The number of thiophene rings is 1. The fourth-order valence-electron chi connectivity index (χ4n) is 2.41. The summed E-state index contributed by atoms with van der Waals surface area (Å²) in [6, 6.07) is 13.3. The first-order chi connectivity index (χ1) is 11.3. The van der Waals surface area contributed by atoms with Gasteiger partial charge in [-0.1, -0.05) is 6.07 Å². The second-order valence-corrected chi connectivity index (χ2v) is 8.80. The van der Waals surface area contributed by atoms with Gasteiger partial charge in [0.25, 0.3) is 0 Å². The van der Waals surface area contributed by atoms with E-state index in [2.05, 4.69) is 22.0 Å². The molecule has 6 heteroatoms. The van der Waals surface area contributed by atoms with E-state index in [0.717, 1.165) is 19.7 Å². The van der Waals surface area contributed by atoms with Crippen LogP contribution in [0.1, 0.15) is 26.3 Å². The molecule has 0 aliphatic rings. The van der Waals surface area contributed by atoms with Gasteiger partial charge in [0.05, 0.1) is 31.5 Å². The SMILES string of the molecule is CC(C)(C)OC(=O)n1c(-c2ccc(Br)s2)cc2ccc(C#N)cc21. The first-order valence-electron chi connectivity index (χ1n) is 7.33. The summed E-state index contributed by atoms with van der Waals surface area (Å²) in [5, 5.41) is 10.0. The molecule has 0 aliphatic carbocycles. The summed E-state index contributed by atoms with van der Waals surface area (Å²) in [6.45, 7) is 5.50. The van der Waals surface area contributed by atoms with Gasteiger partial charge in [0, 0.05) is 5.39 Å². The zero-order valence-electron chi connectivity index (χ0n) is 13.5. The van der Waals surface area contributed by atoms with Gasteiger partial charge in [0.2, 0.25) is 0 Å². The van der Waals surface area contributed by atoms with Crippen LogP contribution in [0.4, 0.5) is 4.79 Å². The molecule has 0 atom stereocenters. The summed E-state index contributed by atoms with van der Waals surface area (Å²) in [4.78, 5) is 13.7. The Morgan fingerprint density at radius 2 is 2.00 bits per heavy atom. The van der Waals surface area contributed by atoms with Crippen molar-refractivity contribution in [2.75, 3.05) is 0 Å². The number of benzene rings is 1. The van der Waals surface area contributed by atoms with Gasteiger partial charge in [-0.25, -0.2) is 9.36 Å². The second-order valence-electron chi connectivity index (χ2n) is 6.33. The van der Waals surface area contributed by atoms with E-state index in [0.29, 0.717) is 11.1 Å². The van der Waals surface area contributed by atoms with Crippen molar-refractivity contribution in [1.82, 2.24) is 4.57 Å². The van der Waals surface area contributed by atoms with Gasteiger partial charge >= 0.3 is 6.09 Å². The topological polar surface area (TPSA) is 55.0 Å². The van der Waals surface area contributed by atoms with E-state index in [-0.39, 0.29) is 0 Å². The number of rotatable bonds is 1. The predicted octanol–water partition coefficient (Wildman–Crippen LogP) is 5.79. The monoisotopic (exact) mass is 402 g/mol. The van der Waals surface area contributed by atoms with E-state index < -0.39 is 11.7 Å². The van der Waals surface area contributed by atoms with Crippen LogP contribution in [0.25, 0.3) is 21.5 Å². The van der Waals surface area contributed by atoms with E-state index >= 15 is 0 Å². The maximum atomic E-state index is 12.8. The number of nitrogens with zero attached hydrogens (tertiary/aromatic N) is 2. The third-order valence-electron chi connectivity index (χ3n) is 3.34. The number of fused-ring (bicyclic) bond motifs is 1. The molecule has 122 valence electrons. The average molecular weight is 403 g/mol. The van der Waals surface area contributed by atoms with Crippen LogP contribution in [0.15, 0.2) is 40.2 Å². The highest BCUT2D eigenvalue weighted by atomic mass is 79.9. The lowest BCUT2D eigenvalue weighted by Gasteiger charge is -2.20. The molecule has 0 fully saturated rings. The van der Waals surface area contributed by atoms with Crippen LogP contribution >= 0.6 is 27.3 Å². The molecule has 0 aliphatic heterocycles. The maximum absolute atomic E-state index is 12.8. The maximum Gasteiger partial charge on any atom is 0.419 e. The number of hydrogen-bond donors (Lipinski definition) is 0. The van der Waals surface area contributed by atoms with Crippen LogP contribution in [-0.4, -0.2) is 16.3 Å². The van der Waals surface area contributed by atoms with Crippen molar-refractivity contribution in [2.24, 2.45) is 0 Å². The summed E-state index contributed by atoms with van der Waals surface area (Å²) in [6.07, 6.45) is -0.452. The molecule has 0 spiro atoms. The molecule has 0 bridgehead atoms. The molecule has 0 amide bonds. The lowest BCUT2D eigenvalue weighted by Crippen LogP contribution is -2.27. The number of aromatic nitrogens is 1. The third kappa shape index (κ3) is 3.23. The fraction of sp³-hybridized carbons (Fsp3) is 0.222. The fourth-order valence-corrected chi connectivity index (χ4v) is 3.80. The number of carbonyl (C=O) groups is 1. The predicted molar refractivity (Wildman–Crippen MR) is 99.3 cm³/mol. The van der Waals surface area contributed by atoms with Crippen molar-refractivity contribution in [3.63, 3.8) is 0 Å². The van der Waals surface area contributed by atoms with Gasteiger partial charge in [-0.05, 0) is 67.0 Å². The van der Waals surface area contributed by atoms with Gasteiger partial charge in [-0.2, -0.15) is 5.26 Å². The van der Waals surface area contributed by atoms with Crippen LogP contribution in [0.5, 0.6) is 0 Å². The second kappa shape index (κ2) is 6.08. The number of ether oxygens (including phenoxy) is 1. The number of nitriles is 1. The number of hydrogen-bond acceptors (Lipinski definition) is 4. The molecule has 24 heavy (non-hydrogen) atoms. The molecule has 2 aromatic heterocycles. The standard InChI is InChI=1S/C18H15BrN2O2S/c1-18(2,3)23-17(22)21-13-8-11(10-20)4-5-12(13)9-14(21)15-6-7-16(19)24-15/h4-9H,1-3H3. The van der Waals surface area contributed by atoms with E-state index in [9.17, 15) is 4.79 Å². The highest BCUT2D eigenvalue weighted by Gasteiger charge is 2.23. The Labute approximate surface area is 152 Å². The normalized spacial score (nSPS) is 11.5. The van der Waals surface area contributed by atoms with E-state index in [4.69, 9.17) is 10.00 Å². The van der Waals surface area contributed by atoms with Gasteiger partial charge in [0.15, 0.2) is 0 Å². The Bertz CT molecular complexity index is 973. The minimum atomic E-state index is -0.603. The Balaban J connectivity index is 2.25. The van der Waals surface area contributed by atoms with Gasteiger partial charge in [-0.15, -0.1) is 11.3 Å². The Morgan fingerprint density at radius 1 is 1.25 bits per heavy atom. The molecular formula is C18H15BrN2O2S. The van der Waals surface area contributed by atoms with E-state index in [1.807, 2.05) is 45.0 Å². The zero-order chi connectivity index (χ0) is 17.5. The molecule has 0 saturated heterocycles. The highest BCUT2D eigenvalue weighted by Crippen LogP contribution is 2.35. The smallest absolute Gasteiger partial charge is 0.419 e.